The fourth-order valence-corrected chi connectivity index (χ4v) is 3.49. The number of ether oxygens (including phenoxy) is 2. The highest BCUT2D eigenvalue weighted by molar-refractivity contribution is 6.32. The van der Waals surface area contributed by atoms with Crippen molar-refractivity contribution in [3.05, 3.63) is 92.5 Å². The van der Waals surface area contributed by atoms with E-state index in [0.717, 1.165) is 16.7 Å². The third kappa shape index (κ3) is 6.07. The van der Waals surface area contributed by atoms with E-state index in [1.54, 1.807) is 30.3 Å². The van der Waals surface area contributed by atoms with Crippen LogP contribution in [0.25, 0.3) is 6.08 Å². The summed E-state index contributed by atoms with van der Waals surface area (Å²) in [6, 6.07) is 18.1. The van der Waals surface area contributed by atoms with Crippen molar-refractivity contribution in [1.29, 1.82) is 5.26 Å². The smallest absolute Gasteiger partial charge is 0.266 e. The molecule has 0 bridgehead atoms. The van der Waals surface area contributed by atoms with Crippen molar-refractivity contribution >= 4 is 40.9 Å². The van der Waals surface area contributed by atoms with Crippen LogP contribution in [0.15, 0.2) is 60.2 Å². The molecular formula is C26H22Cl2N2O3. The number of hydrogen-bond donors (Lipinski definition) is 1. The molecular weight excluding hydrogens is 459 g/mol. The van der Waals surface area contributed by atoms with Crippen molar-refractivity contribution in [2.45, 2.75) is 20.5 Å². The molecule has 0 aliphatic carbocycles. The van der Waals surface area contributed by atoms with Gasteiger partial charge in [0.05, 0.1) is 12.1 Å². The van der Waals surface area contributed by atoms with Gasteiger partial charge >= 0.3 is 0 Å². The van der Waals surface area contributed by atoms with Gasteiger partial charge < -0.3 is 14.8 Å². The number of methoxy groups -OCH3 is 1. The van der Waals surface area contributed by atoms with Gasteiger partial charge in [-0.05, 0) is 72.5 Å². The highest BCUT2D eigenvalue weighted by atomic mass is 35.5. The number of nitrogens with zero attached hydrogens (tertiary/aromatic N) is 1. The number of carbonyl (C=O) groups is 1. The van der Waals surface area contributed by atoms with Crippen molar-refractivity contribution < 1.29 is 14.3 Å². The van der Waals surface area contributed by atoms with Gasteiger partial charge in [-0.2, -0.15) is 5.26 Å². The van der Waals surface area contributed by atoms with E-state index < -0.39 is 5.91 Å². The van der Waals surface area contributed by atoms with Crippen molar-refractivity contribution in [1.82, 2.24) is 0 Å². The zero-order valence-electron chi connectivity index (χ0n) is 18.4. The average molecular weight is 481 g/mol. The SMILES string of the molecule is COc1cc(/C=C(\C#N)C(=O)Nc2cccc(C)c2C)cc(Cl)c1OCc1ccc(Cl)cc1. The van der Waals surface area contributed by atoms with Gasteiger partial charge in [0, 0.05) is 10.7 Å². The van der Waals surface area contributed by atoms with E-state index in [0.29, 0.717) is 32.8 Å². The number of aryl methyl sites for hydroxylation is 1. The number of halogens is 2. The zero-order valence-corrected chi connectivity index (χ0v) is 19.9. The Kier molecular flexibility index (Phi) is 8.00. The van der Waals surface area contributed by atoms with Crippen LogP contribution in [0.3, 0.4) is 0 Å². The van der Waals surface area contributed by atoms with Crippen LogP contribution in [0.1, 0.15) is 22.3 Å². The van der Waals surface area contributed by atoms with Crippen molar-refractivity contribution in [3.63, 3.8) is 0 Å². The fourth-order valence-electron chi connectivity index (χ4n) is 3.09. The Hall–Kier alpha value is -3.46. The minimum absolute atomic E-state index is 0.0659. The first-order valence-corrected chi connectivity index (χ1v) is 10.8. The van der Waals surface area contributed by atoms with Crippen LogP contribution in [-0.2, 0) is 11.4 Å². The first-order chi connectivity index (χ1) is 15.8. The molecule has 0 fully saturated rings. The lowest BCUT2D eigenvalue weighted by Crippen LogP contribution is -2.14. The van der Waals surface area contributed by atoms with Gasteiger partial charge in [0.1, 0.15) is 18.2 Å². The quantitative estimate of drug-likeness (QED) is 0.300. The largest absolute Gasteiger partial charge is 0.493 e. The molecule has 0 aromatic heterocycles. The van der Waals surface area contributed by atoms with Crippen LogP contribution < -0.4 is 14.8 Å². The Morgan fingerprint density at radius 3 is 2.52 bits per heavy atom. The minimum atomic E-state index is -0.510. The third-order valence-corrected chi connectivity index (χ3v) is 5.61. The van der Waals surface area contributed by atoms with Crippen LogP contribution in [0.2, 0.25) is 10.0 Å². The Labute approximate surface area is 203 Å². The molecule has 3 aromatic rings. The maximum Gasteiger partial charge on any atom is 0.266 e. The van der Waals surface area contributed by atoms with Crippen LogP contribution in [0.5, 0.6) is 11.5 Å². The number of amides is 1. The number of nitrogens with one attached hydrogen (secondary N) is 1. The van der Waals surface area contributed by atoms with E-state index in [1.807, 2.05) is 44.2 Å². The molecule has 0 spiro atoms. The lowest BCUT2D eigenvalue weighted by Gasteiger charge is -2.14. The van der Waals surface area contributed by atoms with Gasteiger partial charge in [0.15, 0.2) is 11.5 Å². The van der Waals surface area contributed by atoms with E-state index in [4.69, 9.17) is 32.7 Å². The van der Waals surface area contributed by atoms with Gasteiger partial charge in [-0.3, -0.25) is 4.79 Å². The van der Waals surface area contributed by atoms with E-state index in [9.17, 15) is 10.1 Å². The molecule has 1 amide bonds. The Morgan fingerprint density at radius 2 is 1.85 bits per heavy atom. The molecule has 3 rings (SSSR count). The summed E-state index contributed by atoms with van der Waals surface area (Å²) in [6.07, 6.45) is 1.46. The van der Waals surface area contributed by atoms with E-state index >= 15 is 0 Å². The number of benzene rings is 3. The van der Waals surface area contributed by atoms with Gasteiger partial charge in [0.25, 0.3) is 5.91 Å². The minimum Gasteiger partial charge on any atom is -0.493 e. The summed E-state index contributed by atoms with van der Waals surface area (Å²) in [7, 11) is 1.49. The average Bonchev–Trinajstić information content (AvgIpc) is 2.80. The highest BCUT2D eigenvalue weighted by Crippen LogP contribution is 2.37. The van der Waals surface area contributed by atoms with E-state index in [2.05, 4.69) is 5.32 Å². The fraction of sp³-hybridized carbons (Fsp3) is 0.154. The van der Waals surface area contributed by atoms with Gasteiger partial charge in [-0.15, -0.1) is 0 Å². The predicted octanol–water partition coefficient (Wildman–Crippen LogP) is 6.74. The molecule has 0 aliphatic rings. The van der Waals surface area contributed by atoms with Crippen molar-refractivity contribution in [2.75, 3.05) is 12.4 Å². The van der Waals surface area contributed by atoms with Crippen molar-refractivity contribution in [2.24, 2.45) is 0 Å². The van der Waals surface area contributed by atoms with E-state index in [1.165, 1.54) is 13.2 Å². The molecule has 33 heavy (non-hydrogen) atoms. The molecule has 7 heteroatoms. The normalized spacial score (nSPS) is 11.0. The lowest BCUT2D eigenvalue weighted by molar-refractivity contribution is -0.112. The second kappa shape index (κ2) is 10.9. The number of nitriles is 1. The molecule has 0 radical (unpaired) electrons. The van der Waals surface area contributed by atoms with Gasteiger partial charge in [-0.25, -0.2) is 0 Å². The topological polar surface area (TPSA) is 71.3 Å². The maximum absolute atomic E-state index is 12.7. The summed E-state index contributed by atoms with van der Waals surface area (Å²) in [5, 5.41) is 13.3. The first kappa shape index (κ1) is 24.2. The number of carbonyl (C=O) groups excluding carboxylic acids is 1. The van der Waals surface area contributed by atoms with E-state index in [-0.39, 0.29) is 12.2 Å². The molecule has 0 unspecified atom stereocenters. The molecule has 3 aromatic carbocycles. The second-order valence-electron chi connectivity index (χ2n) is 7.32. The molecule has 1 N–H and O–H groups in total. The second-order valence-corrected chi connectivity index (χ2v) is 8.16. The number of hydrogen-bond acceptors (Lipinski definition) is 4. The maximum atomic E-state index is 12.7. The number of rotatable bonds is 7. The molecule has 5 nitrogen and oxygen atoms in total. The van der Waals surface area contributed by atoms with Crippen LogP contribution in [0.4, 0.5) is 5.69 Å². The highest BCUT2D eigenvalue weighted by Gasteiger charge is 2.15. The summed E-state index contributed by atoms with van der Waals surface area (Å²) in [5.74, 6) is 0.240. The Bertz CT molecular complexity index is 1250. The summed E-state index contributed by atoms with van der Waals surface area (Å²) in [6.45, 7) is 4.13. The molecule has 0 saturated heterocycles. The monoisotopic (exact) mass is 480 g/mol. The zero-order chi connectivity index (χ0) is 24.0. The van der Waals surface area contributed by atoms with Crippen LogP contribution >= 0.6 is 23.2 Å². The number of anilines is 1. The third-order valence-electron chi connectivity index (χ3n) is 5.08. The molecule has 0 atom stereocenters. The van der Waals surface area contributed by atoms with Gasteiger partial charge in [0.2, 0.25) is 0 Å². The van der Waals surface area contributed by atoms with Crippen LogP contribution in [0, 0.1) is 25.2 Å². The summed E-state index contributed by atoms with van der Waals surface area (Å²) >= 11 is 12.4. The summed E-state index contributed by atoms with van der Waals surface area (Å²) in [4.78, 5) is 12.7. The Morgan fingerprint density at radius 1 is 1.12 bits per heavy atom. The van der Waals surface area contributed by atoms with Crippen molar-refractivity contribution in [3.8, 4) is 17.6 Å². The standard InChI is InChI=1S/C26H22Cl2N2O3/c1-16-5-4-6-23(17(16)2)30-26(31)20(14-29)11-19-12-22(28)25(24(13-19)32-3)33-15-18-7-9-21(27)10-8-18/h4-13H,15H2,1-3H3,(H,30,31)/b20-11+. The molecule has 0 heterocycles. The van der Waals surface area contributed by atoms with Gasteiger partial charge in [-0.1, -0.05) is 47.5 Å². The Balaban J connectivity index is 1.83. The summed E-state index contributed by atoms with van der Waals surface area (Å²) < 4.78 is 11.3. The summed E-state index contributed by atoms with van der Waals surface area (Å²) in [5.41, 5.74) is 4.02. The molecule has 0 saturated carbocycles. The van der Waals surface area contributed by atoms with Crippen LogP contribution in [-0.4, -0.2) is 13.0 Å². The first-order valence-electron chi connectivity index (χ1n) is 10.1. The molecule has 168 valence electrons. The predicted molar refractivity (Wildman–Crippen MR) is 132 cm³/mol. The molecule has 0 aliphatic heterocycles. The lowest BCUT2D eigenvalue weighted by atomic mass is 10.1.